The van der Waals surface area contributed by atoms with E-state index in [0.717, 1.165) is 26.1 Å². The number of nitrogens with two attached hydrogens (primary N) is 1. The summed E-state index contributed by atoms with van der Waals surface area (Å²) in [5.41, 5.74) is 7.03. The van der Waals surface area contributed by atoms with Gasteiger partial charge in [0.25, 0.3) is 0 Å². The first kappa shape index (κ1) is 16.6. The molecule has 0 saturated heterocycles. The second kappa shape index (κ2) is 8.66. The predicted molar refractivity (Wildman–Crippen MR) is 88.0 cm³/mol. The zero-order chi connectivity index (χ0) is 15.0. The third-order valence-electron chi connectivity index (χ3n) is 3.11. The Morgan fingerprint density at radius 3 is 2.60 bits per heavy atom. The van der Waals surface area contributed by atoms with Gasteiger partial charge < -0.3 is 16.0 Å². The normalized spacial score (nSPS) is 10.6. The Bertz CT molecular complexity index is 462. The topological polar surface area (TPSA) is 58.4 Å². The van der Waals surface area contributed by atoms with Gasteiger partial charge in [0.15, 0.2) is 0 Å². The molecule has 1 aromatic rings. The molecule has 5 heteroatoms. The number of rotatable bonds is 8. The highest BCUT2D eigenvalue weighted by atomic mass is 32.1. The third-order valence-corrected chi connectivity index (χ3v) is 3.33. The van der Waals surface area contributed by atoms with Gasteiger partial charge in [0.1, 0.15) is 4.99 Å². The van der Waals surface area contributed by atoms with Gasteiger partial charge in [-0.3, -0.25) is 4.79 Å². The van der Waals surface area contributed by atoms with E-state index in [1.165, 1.54) is 0 Å². The zero-order valence-electron chi connectivity index (χ0n) is 12.2. The SMILES string of the molecule is CCCN(CC)CCC(=O)Nc1ccccc1C(N)=S. The largest absolute Gasteiger partial charge is 0.389 e. The van der Waals surface area contributed by atoms with Gasteiger partial charge in [0.05, 0.1) is 5.69 Å². The van der Waals surface area contributed by atoms with Crippen molar-refractivity contribution in [2.45, 2.75) is 26.7 Å². The molecule has 20 heavy (non-hydrogen) atoms. The molecule has 0 bridgehead atoms. The number of carbonyl (C=O) groups is 1. The maximum absolute atomic E-state index is 12.0. The minimum absolute atomic E-state index is 0.0109. The molecule has 110 valence electrons. The first-order valence-corrected chi connectivity index (χ1v) is 7.40. The molecule has 0 aliphatic carbocycles. The quantitative estimate of drug-likeness (QED) is 0.723. The number of amides is 1. The molecular formula is C15H23N3OS. The maximum Gasteiger partial charge on any atom is 0.225 e. The molecule has 0 atom stereocenters. The van der Waals surface area contributed by atoms with E-state index < -0.39 is 0 Å². The van der Waals surface area contributed by atoms with Crippen LogP contribution in [0.2, 0.25) is 0 Å². The Morgan fingerprint density at radius 2 is 2.00 bits per heavy atom. The summed E-state index contributed by atoms with van der Waals surface area (Å²) in [4.78, 5) is 14.5. The van der Waals surface area contributed by atoms with E-state index in [1.54, 1.807) is 0 Å². The number of thiocarbonyl (C=S) groups is 1. The molecule has 0 fully saturated rings. The van der Waals surface area contributed by atoms with Crippen LogP contribution in [0.25, 0.3) is 0 Å². The van der Waals surface area contributed by atoms with Crippen molar-refractivity contribution in [3.8, 4) is 0 Å². The van der Waals surface area contributed by atoms with Gasteiger partial charge in [-0.05, 0) is 31.6 Å². The fraction of sp³-hybridized carbons (Fsp3) is 0.467. The number of nitrogens with one attached hydrogen (secondary N) is 1. The Balaban J connectivity index is 2.56. The van der Waals surface area contributed by atoms with Crippen LogP contribution in [0.15, 0.2) is 24.3 Å². The highest BCUT2D eigenvalue weighted by Gasteiger charge is 2.09. The van der Waals surface area contributed by atoms with Crippen LogP contribution < -0.4 is 11.1 Å². The first-order valence-electron chi connectivity index (χ1n) is 6.99. The summed E-state index contributed by atoms with van der Waals surface area (Å²) in [6.07, 6.45) is 1.57. The van der Waals surface area contributed by atoms with Crippen LogP contribution in [0.5, 0.6) is 0 Å². The number of nitrogens with zero attached hydrogens (tertiary/aromatic N) is 1. The van der Waals surface area contributed by atoms with Crippen LogP contribution in [0, 0.1) is 0 Å². The molecule has 0 aliphatic rings. The van der Waals surface area contributed by atoms with Crippen molar-refractivity contribution in [2.75, 3.05) is 25.0 Å². The smallest absolute Gasteiger partial charge is 0.225 e. The summed E-state index contributed by atoms with van der Waals surface area (Å²) in [6.45, 7) is 7.00. The lowest BCUT2D eigenvalue weighted by Gasteiger charge is -2.19. The molecule has 3 N–H and O–H groups in total. The number of anilines is 1. The van der Waals surface area contributed by atoms with Crippen LogP contribution in [-0.2, 0) is 4.79 Å². The molecule has 1 rings (SSSR count). The Labute approximate surface area is 126 Å². The number of benzene rings is 1. The zero-order valence-corrected chi connectivity index (χ0v) is 13.0. The summed E-state index contributed by atoms with van der Waals surface area (Å²) in [5, 5.41) is 2.88. The van der Waals surface area contributed by atoms with Gasteiger partial charge in [-0.2, -0.15) is 0 Å². The van der Waals surface area contributed by atoms with Crippen LogP contribution in [0.3, 0.4) is 0 Å². The lowest BCUT2D eigenvalue weighted by Crippen LogP contribution is -2.28. The standard InChI is InChI=1S/C15H23N3OS/c1-3-10-18(4-2)11-9-14(19)17-13-8-6-5-7-12(13)15(16)20/h5-8H,3-4,9-11H2,1-2H3,(H2,16,20)(H,17,19). The number of hydrogen-bond donors (Lipinski definition) is 2. The van der Waals surface area contributed by atoms with Crippen molar-refractivity contribution in [3.63, 3.8) is 0 Å². The average molecular weight is 293 g/mol. The second-order valence-electron chi connectivity index (χ2n) is 4.64. The van der Waals surface area contributed by atoms with Crippen molar-refractivity contribution in [1.82, 2.24) is 4.90 Å². The molecule has 0 radical (unpaired) electrons. The Hall–Kier alpha value is -1.46. The predicted octanol–water partition coefficient (Wildman–Crippen LogP) is 2.38. The summed E-state index contributed by atoms with van der Waals surface area (Å²) in [6, 6.07) is 7.33. The lowest BCUT2D eigenvalue weighted by atomic mass is 10.1. The van der Waals surface area contributed by atoms with Crippen molar-refractivity contribution in [1.29, 1.82) is 0 Å². The molecular weight excluding hydrogens is 270 g/mol. The molecule has 0 unspecified atom stereocenters. The van der Waals surface area contributed by atoms with Gasteiger partial charge in [-0.15, -0.1) is 0 Å². The van der Waals surface area contributed by atoms with Crippen LogP contribution in [0.4, 0.5) is 5.69 Å². The minimum atomic E-state index is -0.0109. The highest BCUT2D eigenvalue weighted by Crippen LogP contribution is 2.15. The molecule has 1 amide bonds. The number of hydrogen-bond acceptors (Lipinski definition) is 3. The van der Waals surface area contributed by atoms with Crippen LogP contribution >= 0.6 is 12.2 Å². The van der Waals surface area contributed by atoms with Gasteiger partial charge in [0.2, 0.25) is 5.91 Å². The molecule has 0 aliphatic heterocycles. The van der Waals surface area contributed by atoms with Crippen LogP contribution in [-0.4, -0.2) is 35.4 Å². The van der Waals surface area contributed by atoms with Gasteiger partial charge in [0, 0.05) is 18.5 Å². The summed E-state index contributed by atoms with van der Waals surface area (Å²) in [7, 11) is 0. The van der Waals surface area contributed by atoms with Crippen molar-refractivity contribution < 1.29 is 4.79 Å². The summed E-state index contributed by atoms with van der Waals surface area (Å²) < 4.78 is 0. The Kier molecular flexibility index (Phi) is 7.18. The number of carbonyl (C=O) groups excluding carboxylic acids is 1. The lowest BCUT2D eigenvalue weighted by molar-refractivity contribution is -0.116. The second-order valence-corrected chi connectivity index (χ2v) is 5.08. The van der Waals surface area contributed by atoms with Gasteiger partial charge in [-0.1, -0.05) is 38.2 Å². The van der Waals surface area contributed by atoms with E-state index in [2.05, 4.69) is 24.1 Å². The van der Waals surface area contributed by atoms with Gasteiger partial charge in [-0.25, -0.2) is 0 Å². The van der Waals surface area contributed by atoms with E-state index in [0.29, 0.717) is 22.7 Å². The maximum atomic E-state index is 12.0. The minimum Gasteiger partial charge on any atom is -0.389 e. The average Bonchev–Trinajstić information content (AvgIpc) is 2.43. The summed E-state index contributed by atoms with van der Waals surface area (Å²) in [5.74, 6) is -0.0109. The number of para-hydroxylation sites is 1. The molecule has 0 saturated carbocycles. The first-order chi connectivity index (χ1) is 9.58. The van der Waals surface area contributed by atoms with Crippen molar-refractivity contribution >= 4 is 28.8 Å². The fourth-order valence-electron chi connectivity index (χ4n) is 2.02. The molecule has 4 nitrogen and oxygen atoms in total. The van der Waals surface area contributed by atoms with E-state index in [-0.39, 0.29) is 5.91 Å². The summed E-state index contributed by atoms with van der Waals surface area (Å²) >= 11 is 4.98. The third kappa shape index (κ3) is 5.27. The van der Waals surface area contributed by atoms with E-state index in [1.807, 2.05) is 24.3 Å². The van der Waals surface area contributed by atoms with Crippen LogP contribution in [0.1, 0.15) is 32.3 Å². The highest BCUT2D eigenvalue weighted by molar-refractivity contribution is 7.80. The fourth-order valence-corrected chi connectivity index (χ4v) is 2.20. The molecule has 1 aromatic carbocycles. The molecule has 0 heterocycles. The van der Waals surface area contributed by atoms with Crippen molar-refractivity contribution in [3.05, 3.63) is 29.8 Å². The van der Waals surface area contributed by atoms with E-state index >= 15 is 0 Å². The van der Waals surface area contributed by atoms with E-state index in [9.17, 15) is 4.79 Å². The monoisotopic (exact) mass is 293 g/mol. The van der Waals surface area contributed by atoms with Crippen molar-refractivity contribution in [2.24, 2.45) is 5.73 Å². The van der Waals surface area contributed by atoms with Gasteiger partial charge >= 0.3 is 0 Å². The Morgan fingerprint density at radius 1 is 1.30 bits per heavy atom. The molecule has 0 aromatic heterocycles. The van der Waals surface area contributed by atoms with E-state index in [4.69, 9.17) is 18.0 Å². The molecule has 0 spiro atoms.